The van der Waals surface area contributed by atoms with E-state index >= 15 is 0 Å². The maximum absolute atomic E-state index is 6.10. The third kappa shape index (κ3) is 5.49. The second-order valence-electron chi connectivity index (χ2n) is 6.61. The molecule has 4 aromatic rings. The van der Waals surface area contributed by atoms with Crippen molar-refractivity contribution >= 4 is 29.0 Å². The first-order valence-electron chi connectivity index (χ1n) is 9.33. The molecule has 0 saturated heterocycles. The van der Waals surface area contributed by atoms with Crippen LogP contribution in [0.1, 0.15) is 17.0 Å². The van der Waals surface area contributed by atoms with E-state index in [4.69, 9.17) is 27.9 Å². The van der Waals surface area contributed by atoms with Crippen LogP contribution in [0.5, 0.6) is 5.88 Å². The van der Waals surface area contributed by atoms with Crippen LogP contribution in [-0.4, -0.2) is 19.5 Å². The van der Waals surface area contributed by atoms with Gasteiger partial charge in [0.05, 0.1) is 0 Å². The van der Waals surface area contributed by atoms with Crippen LogP contribution >= 0.6 is 23.2 Å². The molecule has 3 aromatic heterocycles. The van der Waals surface area contributed by atoms with E-state index in [0.717, 1.165) is 22.8 Å². The molecule has 1 aromatic carbocycles. The first kappa shape index (κ1) is 20.2. The van der Waals surface area contributed by atoms with Crippen molar-refractivity contribution in [3.8, 4) is 5.88 Å². The summed E-state index contributed by atoms with van der Waals surface area (Å²) in [5.41, 5.74) is 2.12. The molecule has 0 bridgehead atoms. The number of halogens is 2. The summed E-state index contributed by atoms with van der Waals surface area (Å²) < 4.78 is 7.87. The lowest BCUT2D eigenvalue weighted by Gasteiger charge is -2.11. The predicted molar refractivity (Wildman–Crippen MR) is 118 cm³/mol. The Morgan fingerprint density at radius 1 is 0.933 bits per heavy atom. The Labute approximate surface area is 184 Å². The van der Waals surface area contributed by atoms with Gasteiger partial charge in [0.1, 0.15) is 18.2 Å². The Kier molecular flexibility index (Phi) is 6.47. The van der Waals surface area contributed by atoms with Gasteiger partial charge >= 0.3 is 0 Å². The molecule has 0 fully saturated rings. The minimum atomic E-state index is 0.294. The Hall–Kier alpha value is -3.09. The molecule has 0 amide bonds. The lowest BCUT2D eigenvalue weighted by Crippen LogP contribution is -2.09. The quantitative estimate of drug-likeness (QED) is 0.407. The van der Waals surface area contributed by atoms with E-state index in [2.05, 4.69) is 20.3 Å². The summed E-state index contributed by atoms with van der Waals surface area (Å²) in [5.74, 6) is 2.04. The van der Waals surface area contributed by atoms with E-state index in [9.17, 15) is 0 Å². The highest BCUT2D eigenvalue weighted by molar-refractivity contribution is 6.34. The first-order valence-corrected chi connectivity index (χ1v) is 10.1. The molecule has 30 heavy (non-hydrogen) atoms. The SMILES string of the molecule is Clc1cc(Cl)cc(Cn2ccnc2COc2cccc(NCc3ccncc3)n2)c1. The first-order chi connectivity index (χ1) is 14.7. The molecule has 152 valence electrons. The molecule has 0 radical (unpaired) electrons. The van der Waals surface area contributed by atoms with Crippen molar-refractivity contribution in [2.24, 2.45) is 0 Å². The van der Waals surface area contributed by atoms with Crippen LogP contribution in [0.3, 0.4) is 0 Å². The van der Waals surface area contributed by atoms with E-state index in [-0.39, 0.29) is 0 Å². The number of rotatable bonds is 8. The fourth-order valence-electron chi connectivity index (χ4n) is 2.95. The smallest absolute Gasteiger partial charge is 0.215 e. The van der Waals surface area contributed by atoms with E-state index in [1.165, 1.54) is 0 Å². The second kappa shape index (κ2) is 9.61. The van der Waals surface area contributed by atoms with Crippen LogP contribution < -0.4 is 10.1 Å². The van der Waals surface area contributed by atoms with E-state index < -0.39 is 0 Å². The number of nitrogens with zero attached hydrogens (tertiary/aromatic N) is 4. The lowest BCUT2D eigenvalue weighted by molar-refractivity contribution is 0.279. The van der Waals surface area contributed by atoms with Crippen molar-refractivity contribution in [2.75, 3.05) is 5.32 Å². The van der Waals surface area contributed by atoms with Crippen LogP contribution in [0, 0.1) is 0 Å². The minimum absolute atomic E-state index is 0.294. The van der Waals surface area contributed by atoms with Gasteiger partial charge in [-0.05, 0) is 47.5 Å². The molecule has 1 N–H and O–H groups in total. The molecule has 0 atom stereocenters. The van der Waals surface area contributed by atoms with Gasteiger partial charge in [0, 0.05) is 54.0 Å². The highest BCUT2D eigenvalue weighted by Gasteiger charge is 2.07. The Balaban J connectivity index is 1.38. The van der Waals surface area contributed by atoms with Crippen LogP contribution in [0.4, 0.5) is 5.82 Å². The molecule has 6 nitrogen and oxygen atoms in total. The highest BCUT2D eigenvalue weighted by Crippen LogP contribution is 2.20. The monoisotopic (exact) mass is 439 g/mol. The Morgan fingerprint density at radius 3 is 2.53 bits per heavy atom. The number of hydrogen-bond acceptors (Lipinski definition) is 5. The fourth-order valence-corrected chi connectivity index (χ4v) is 3.52. The maximum Gasteiger partial charge on any atom is 0.215 e. The van der Waals surface area contributed by atoms with Gasteiger partial charge < -0.3 is 14.6 Å². The minimum Gasteiger partial charge on any atom is -0.469 e. The van der Waals surface area contributed by atoms with Gasteiger partial charge in [-0.1, -0.05) is 29.3 Å². The molecule has 0 saturated carbocycles. The van der Waals surface area contributed by atoms with Crippen molar-refractivity contribution in [2.45, 2.75) is 19.7 Å². The summed E-state index contributed by atoms with van der Waals surface area (Å²) in [7, 11) is 0. The Morgan fingerprint density at radius 2 is 1.73 bits per heavy atom. The number of hydrogen-bond donors (Lipinski definition) is 1. The molecule has 3 heterocycles. The summed E-state index contributed by atoms with van der Waals surface area (Å²) in [6, 6.07) is 15.0. The zero-order valence-corrected chi connectivity index (χ0v) is 17.5. The van der Waals surface area contributed by atoms with Gasteiger partial charge in [-0.2, -0.15) is 4.98 Å². The van der Waals surface area contributed by atoms with E-state index in [1.807, 2.05) is 53.2 Å². The summed E-state index contributed by atoms with van der Waals surface area (Å²) in [4.78, 5) is 12.9. The molecular formula is C22H19Cl2N5O. The molecular weight excluding hydrogens is 421 g/mol. The predicted octanol–water partition coefficient (Wildman–Crippen LogP) is 5.22. The van der Waals surface area contributed by atoms with Crippen molar-refractivity contribution in [3.63, 3.8) is 0 Å². The van der Waals surface area contributed by atoms with Crippen LogP contribution in [-0.2, 0) is 19.7 Å². The number of imidazole rings is 1. The summed E-state index contributed by atoms with van der Waals surface area (Å²) in [6.45, 7) is 1.55. The van der Waals surface area contributed by atoms with Gasteiger partial charge in [0.2, 0.25) is 5.88 Å². The molecule has 8 heteroatoms. The van der Waals surface area contributed by atoms with Crippen molar-refractivity contribution in [1.82, 2.24) is 19.5 Å². The molecule has 0 aliphatic heterocycles. The summed E-state index contributed by atoms with van der Waals surface area (Å²) in [5, 5.41) is 4.50. The summed E-state index contributed by atoms with van der Waals surface area (Å²) in [6.07, 6.45) is 7.17. The number of benzene rings is 1. The van der Waals surface area contributed by atoms with Crippen molar-refractivity contribution in [3.05, 3.63) is 100 Å². The molecule has 0 spiro atoms. The number of aromatic nitrogens is 4. The number of ether oxygens (including phenoxy) is 1. The molecule has 4 rings (SSSR count). The zero-order valence-electron chi connectivity index (χ0n) is 16.0. The third-order valence-corrected chi connectivity index (χ3v) is 4.81. The maximum atomic E-state index is 6.10. The van der Waals surface area contributed by atoms with Crippen LogP contribution in [0.2, 0.25) is 10.0 Å². The Bertz CT molecular complexity index is 1100. The molecule has 0 aliphatic carbocycles. The summed E-state index contributed by atoms with van der Waals surface area (Å²) >= 11 is 12.2. The topological polar surface area (TPSA) is 64.9 Å². The zero-order chi connectivity index (χ0) is 20.8. The normalized spacial score (nSPS) is 10.7. The third-order valence-electron chi connectivity index (χ3n) is 4.37. The largest absolute Gasteiger partial charge is 0.469 e. The second-order valence-corrected chi connectivity index (χ2v) is 7.48. The van der Waals surface area contributed by atoms with E-state index in [0.29, 0.717) is 35.6 Å². The molecule has 0 aliphatic rings. The van der Waals surface area contributed by atoms with Crippen molar-refractivity contribution < 1.29 is 4.74 Å². The average molecular weight is 440 g/mol. The highest BCUT2D eigenvalue weighted by atomic mass is 35.5. The fraction of sp³-hybridized carbons (Fsp3) is 0.136. The van der Waals surface area contributed by atoms with Gasteiger partial charge in [0.25, 0.3) is 0 Å². The van der Waals surface area contributed by atoms with Gasteiger partial charge in [-0.3, -0.25) is 4.98 Å². The standard InChI is InChI=1S/C22H19Cl2N5O/c23-18-10-17(11-19(24)12-18)14-29-9-8-26-21(29)15-30-22-3-1-2-20(28-22)27-13-16-4-6-25-7-5-16/h1-12H,13-15H2,(H,27,28). The van der Waals surface area contributed by atoms with E-state index in [1.54, 1.807) is 24.7 Å². The van der Waals surface area contributed by atoms with Crippen LogP contribution in [0.25, 0.3) is 0 Å². The number of pyridine rings is 2. The van der Waals surface area contributed by atoms with Gasteiger partial charge in [-0.25, -0.2) is 4.98 Å². The van der Waals surface area contributed by atoms with Gasteiger partial charge in [-0.15, -0.1) is 0 Å². The van der Waals surface area contributed by atoms with Crippen LogP contribution in [0.15, 0.2) is 73.3 Å². The lowest BCUT2D eigenvalue weighted by atomic mass is 10.2. The molecule has 0 unspecified atom stereocenters. The number of nitrogens with one attached hydrogen (secondary N) is 1. The van der Waals surface area contributed by atoms with Crippen molar-refractivity contribution in [1.29, 1.82) is 0 Å². The average Bonchev–Trinajstić information content (AvgIpc) is 3.18. The number of anilines is 1. The van der Waals surface area contributed by atoms with Gasteiger partial charge in [0.15, 0.2) is 0 Å².